The van der Waals surface area contributed by atoms with E-state index in [1.807, 2.05) is 31.2 Å². The van der Waals surface area contributed by atoms with E-state index in [1.54, 1.807) is 4.90 Å². The maximum atomic E-state index is 12.7. The molecule has 1 heterocycles. The zero-order valence-electron chi connectivity index (χ0n) is 14.9. The SMILES string of the molecule is CNC(=O)C1CN(C(=O)CC(NC(C)=O)c2ccc(C)cc2)CCO1. The summed E-state index contributed by atoms with van der Waals surface area (Å²) in [7, 11) is 1.54. The number of ether oxygens (including phenoxy) is 1. The Hall–Kier alpha value is -2.41. The first-order chi connectivity index (χ1) is 11.9. The molecule has 0 aromatic heterocycles. The molecule has 0 aliphatic carbocycles. The highest BCUT2D eigenvalue weighted by Gasteiger charge is 2.30. The minimum Gasteiger partial charge on any atom is -0.365 e. The van der Waals surface area contributed by atoms with Crippen molar-refractivity contribution in [2.45, 2.75) is 32.4 Å². The first-order valence-corrected chi connectivity index (χ1v) is 8.35. The Balaban J connectivity index is 2.07. The highest BCUT2D eigenvalue weighted by Crippen LogP contribution is 2.20. The Bertz CT molecular complexity index is 630. The van der Waals surface area contributed by atoms with Crippen molar-refractivity contribution in [3.05, 3.63) is 35.4 Å². The lowest BCUT2D eigenvalue weighted by atomic mass is 10.0. The van der Waals surface area contributed by atoms with E-state index in [0.717, 1.165) is 11.1 Å². The number of aryl methyl sites for hydroxylation is 1. The molecule has 1 aliphatic heterocycles. The fourth-order valence-corrected chi connectivity index (χ4v) is 2.80. The average molecular weight is 347 g/mol. The molecule has 3 amide bonds. The molecule has 136 valence electrons. The van der Waals surface area contributed by atoms with E-state index in [2.05, 4.69) is 10.6 Å². The number of carbonyl (C=O) groups is 3. The molecule has 0 bridgehead atoms. The monoisotopic (exact) mass is 347 g/mol. The average Bonchev–Trinajstić information content (AvgIpc) is 2.60. The van der Waals surface area contributed by atoms with Crippen molar-refractivity contribution in [3.8, 4) is 0 Å². The van der Waals surface area contributed by atoms with Crippen LogP contribution in [-0.4, -0.2) is 55.5 Å². The van der Waals surface area contributed by atoms with E-state index in [1.165, 1.54) is 14.0 Å². The van der Waals surface area contributed by atoms with Crippen LogP contribution in [-0.2, 0) is 19.1 Å². The highest BCUT2D eigenvalue weighted by molar-refractivity contribution is 5.83. The van der Waals surface area contributed by atoms with Crippen LogP contribution in [0.2, 0.25) is 0 Å². The van der Waals surface area contributed by atoms with Crippen molar-refractivity contribution in [3.63, 3.8) is 0 Å². The Morgan fingerprint density at radius 1 is 1.28 bits per heavy atom. The number of carbonyl (C=O) groups excluding carboxylic acids is 3. The van der Waals surface area contributed by atoms with E-state index in [9.17, 15) is 14.4 Å². The minimum absolute atomic E-state index is 0.114. The number of rotatable bonds is 5. The van der Waals surface area contributed by atoms with Gasteiger partial charge in [-0.1, -0.05) is 29.8 Å². The predicted molar refractivity (Wildman–Crippen MR) is 92.7 cm³/mol. The van der Waals surface area contributed by atoms with Gasteiger partial charge in [0.15, 0.2) is 6.10 Å². The number of benzene rings is 1. The fourth-order valence-electron chi connectivity index (χ4n) is 2.80. The topological polar surface area (TPSA) is 87.7 Å². The maximum absolute atomic E-state index is 12.7. The number of amides is 3. The number of morpholine rings is 1. The van der Waals surface area contributed by atoms with Gasteiger partial charge in [-0.3, -0.25) is 14.4 Å². The summed E-state index contributed by atoms with van der Waals surface area (Å²) in [6.45, 7) is 4.39. The fraction of sp³-hybridized carbons (Fsp3) is 0.500. The Morgan fingerprint density at radius 2 is 1.96 bits per heavy atom. The summed E-state index contributed by atoms with van der Waals surface area (Å²) in [5.74, 6) is -0.547. The molecule has 2 rings (SSSR count). The molecular formula is C18H25N3O4. The third-order valence-corrected chi connectivity index (χ3v) is 4.19. The first kappa shape index (κ1) is 18.9. The van der Waals surface area contributed by atoms with Crippen LogP contribution in [0.3, 0.4) is 0 Å². The van der Waals surface area contributed by atoms with E-state index in [4.69, 9.17) is 4.74 Å². The van der Waals surface area contributed by atoms with Gasteiger partial charge in [-0.15, -0.1) is 0 Å². The third-order valence-electron chi connectivity index (χ3n) is 4.19. The van der Waals surface area contributed by atoms with E-state index in [-0.39, 0.29) is 30.7 Å². The zero-order chi connectivity index (χ0) is 18.4. The normalized spacial score (nSPS) is 18.4. The minimum atomic E-state index is -0.652. The molecule has 2 N–H and O–H groups in total. The molecule has 25 heavy (non-hydrogen) atoms. The van der Waals surface area contributed by atoms with Crippen molar-refractivity contribution >= 4 is 17.7 Å². The summed E-state index contributed by atoms with van der Waals surface area (Å²) < 4.78 is 5.40. The van der Waals surface area contributed by atoms with E-state index in [0.29, 0.717) is 13.2 Å². The highest BCUT2D eigenvalue weighted by atomic mass is 16.5. The predicted octanol–water partition coefficient (Wildman–Crippen LogP) is 0.536. The van der Waals surface area contributed by atoms with Gasteiger partial charge in [0.2, 0.25) is 11.8 Å². The van der Waals surface area contributed by atoms with Crippen molar-refractivity contribution in [1.82, 2.24) is 15.5 Å². The van der Waals surface area contributed by atoms with Crippen LogP contribution < -0.4 is 10.6 Å². The molecule has 0 radical (unpaired) electrons. The summed E-state index contributed by atoms with van der Waals surface area (Å²) in [5.41, 5.74) is 1.99. The molecule has 1 fully saturated rings. The molecule has 2 unspecified atom stereocenters. The van der Waals surface area contributed by atoms with Crippen molar-refractivity contribution in [1.29, 1.82) is 0 Å². The van der Waals surface area contributed by atoms with Crippen molar-refractivity contribution in [2.75, 3.05) is 26.7 Å². The second kappa shape index (κ2) is 8.62. The number of hydrogen-bond acceptors (Lipinski definition) is 4. The summed E-state index contributed by atoms with van der Waals surface area (Å²) in [4.78, 5) is 37.5. The second-order valence-corrected chi connectivity index (χ2v) is 6.18. The molecule has 0 spiro atoms. The number of likely N-dealkylation sites (N-methyl/N-ethyl adjacent to an activating group) is 1. The van der Waals surface area contributed by atoms with Crippen molar-refractivity contribution < 1.29 is 19.1 Å². The van der Waals surface area contributed by atoms with Crippen LogP contribution in [0.1, 0.15) is 30.5 Å². The van der Waals surface area contributed by atoms with Crippen molar-refractivity contribution in [2.24, 2.45) is 0 Å². The molecule has 7 heteroatoms. The Kier molecular flexibility index (Phi) is 6.52. The number of nitrogens with one attached hydrogen (secondary N) is 2. The van der Waals surface area contributed by atoms with Gasteiger partial charge in [-0.25, -0.2) is 0 Å². The van der Waals surface area contributed by atoms with Gasteiger partial charge >= 0.3 is 0 Å². The molecule has 7 nitrogen and oxygen atoms in total. The molecular weight excluding hydrogens is 322 g/mol. The van der Waals surface area contributed by atoms with Gasteiger partial charge < -0.3 is 20.3 Å². The molecule has 1 aliphatic rings. The van der Waals surface area contributed by atoms with Crippen LogP contribution in [0.15, 0.2) is 24.3 Å². The quantitative estimate of drug-likeness (QED) is 0.814. The van der Waals surface area contributed by atoms with Gasteiger partial charge in [-0.05, 0) is 12.5 Å². The molecule has 1 aromatic rings. The first-order valence-electron chi connectivity index (χ1n) is 8.35. The second-order valence-electron chi connectivity index (χ2n) is 6.18. The van der Waals surface area contributed by atoms with Crippen LogP contribution in [0.5, 0.6) is 0 Å². The lowest BCUT2D eigenvalue weighted by Crippen LogP contribution is -2.51. The lowest BCUT2D eigenvalue weighted by Gasteiger charge is -2.33. The Morgan fingerprint density at radius 3 is 2.56 bits per heavy atom. The summed E-state index contributed by atoms with van der Waals surface area (Å²) >= 11 is 0. The molecule has 1 saturated heterocycles. The van der Waals surface area contributed by atoms with Gasteiger partial charge in [-0.2, -0.15) is 0 Å². The lowest BCUT2D eigenvalue weighted by molar-refractivity contribution is -0.147. The Labute approximate surface area is 147 Å². The van der Waals surface area contributed by atoms with Crippen LogP contribution in [0, 0.1) is 6.92 Å². The van der Waals surface area contributed by atoms with Crippen LogP contribution >= 0.6 is 0 Å². The standard InChI is InChI=1S/C18H25N3O4/c1-12-4-6-14(7-5-12)15(20-13(2)22)10-17(23)21-8-9-25-16(11-21)18(24)19-3/h4-7,15-16H,8-11H2,1-3H3,(H,19,24)(H,20,22). The van der Waals surface area contributed by atoms with Gasteiger partial charge in [0.25, 0.3) is 5.91 Å². The maximum Gasteiger partial charge on any atom is 0.250 e. The van der Waals surface area contributed by atoms with E-state index >= 15 is 0 Å². The van der Waals surface area contributed by atoms with Crippen LogP contribution in [0.4, 0.5) is 0 Å². The summed E-state index contributed by atoms with van der Waals surface area (Å²) in [6.07, 6.45) is -0.510. The number of nitrogens with zero attached hydrogens (tertiary/aromatic N) is 1. The van der Waals surface area contributed by atoms with E-state index < -0.39 is 12.1 Å². The molecule has 2 atom stereocenters. The third kappa shape index (κ3) is 5.29. The number of hydrogen-bond donors (Lipinski definition) is 2. The zero-order valence-corrected chi connectivity index (χ0v) is 14.9. The summed E-state index contributed by atoms with van der Waals surface area (Å²) in [6, 6.07) is 7.33. The van der Waals surface area contributed by atoms with Gasteiger partial charge in [0.1, 0.15) is 0 Å². The van der Waals surface area contributed by atoms with Gasteiger partial charge in [0.05, 0.1) is 25.6 Å². The van der Waals surface area contributed by atoms with Gasteiger partial charge in [0, 0.05) is 20.5 Å². The molecule has 0 saturated carbocycles. The van der Waals surface area contributed by atoms with Crippen LogP contribution in [0.25, 0.3) is 0 Å². The molecule has 1 aromatic carbocycles. The largest absolute Gasteiger partial charge is 0.365 e. The smallest absolute Gasteiger partial charge is 0.250 e. The summed E-state index contributed by atoms with van der Waals surface area (Å²) in [5, 5.41) is 5.37.